The molecule has 2 aliphatic carbocycles. The van der Waals surface area contributed by atoms with Gasteiger partial charge in [-0.2, -0.15) is 0 Å². The van der Waals surface area contributed by atoms with Gasteiger partial charge < -0.3 is 14.9 Å². The van der Waals surface area contributed by atoms with Gasteiger partial charge in [-0.15, -0.1) is 0 Å². The fourth-order valence-electron chi connectivity index (χ4n) is 5.40. The molecule has 0 aliphatic heterocycles. The Morgan fingerprint density at radius 3 is 2.56 bits per heavy atom. The molecule has 0 saturated heterocycles. The molecule has 3 atom stereocenters. The summed E-state index contributed by atoms with van der Waals surface area (Å²) in [5.41, 5.74) is 1.20. The molecule has 3 rings (SSSR count). The Morgan fingerprint density at radius 1 is 1.26 bits per heavy atom. The maximum atomic E-state index is 13.0. The Kier molecular flexibility index (Phi) is 4.77. The molecule has 0 radical (unpaired) electrons. The van der Waals surface area contributed by atoms with E-state index in [0.717, 1.165) is 19.3 Å². The van der Waals surface area contributed by atoms with Crippen LogP contribution in [-0.4, -0.2) is 28.6 Å². The number of carbonyl (C=O) groups is 2. The second-order valence-electron chi connectivity index (χ2n) is 9.23. The second-order valence-corrected chi connectivity index (χ2v) is 9.23. The number of fused-ring (bicyclic) bond motifs is 3. The van der Waals surface area contributed by atoms with Crippen molar-refractivity contribution in [2.75, 3.05) is 6.61 Å². The molecule has 0 aromatic heterocycles. The number of hydrogen-bond acceptors (Lipinski definition) is 5. The van der Waals surface area contributed by atoms with E-state index in [1.54, 1.807) is 13.0 Å². The Hall–Kier alpha value is -2.04. The van der Waals surface area contributed by atoms with Gasteiger partial charge in [-0.3, -0.25) is 9.59 Å². The highest BCUT2D eigenvalue weighted by Gasteiger charge is 2.53. The van der Waals surface area contributed by atoms with Gasteiger partial charge in [0.05, 0.1) is 6.61 Å². The number of Topliss-reactive ketones (excluding diaryl/α,β-unsaturated/α-hetero) is 1. The third-order valence-corrected chi connectivity index (χ3v) is 6.86. The third kappa shape index (κ3) is 3.11. The highest BCUT2D eigenvalue weighted by atomic mass is 16.5. The van der Waals surface area contributed by atoms with E-state index in [1.807, 2.05) is 0 Å². The van der Waals surface area contributed by atoms with Gasteiger partial charge in [-0.1, -0.05) is 34.1 Å². The lowest BCUT2D eigenvalue weighted by molar-refractivity contribution is -0.141. The van der Waals surface area contributed by atoms with Crippen molar-refractivity contribution in [2.45, 2.75) is 71.6 Å². The van der Waals surface area contributed by atoms with Crippen molar-refractivity contribution in [3.8, 4) is 11.5 Å². The molecule has 5 nitrogen and oxygen atoms in total. The topological polar surface area (TPSA) is 83.8 Å². The maximum Gasteiger partial charge on any atom is 0.302 e. The van der Waals surface area contributed by atoms with Gasteiger partial charge in [0.2, 0.25) is 0 Å². The first kappa shape index (κ1) is 19.7. The van der Waals surface area contributed by atoms with Crippen LogP contribution in [0.2, 0.25) is 0 Å². The van der Waals surface area contributed by atoms with Gasteiger partial charge in [0.15, 0.2) is 17.3 Å². The van der Waals surface area contributed by atoms with Crippen molar-refractivity contribution in [2.24, 2.45) is 11.3 Å². The summed E-state index contributed by atoms with van der Waals surface area (Å²) in [7, 11) is 0. The van der Waals surface area contributed by atoms with Crippen LogP contribution in [0.4, 0.5) is 0 Å². The Labute approximate surface area is 160 Å². The molecule has 27 heavy (non-hydrogen) atoms. The number of ketones is 1. The average molecular weight is 374 g/mol. The predicted molar refractivity (Wildman–Crippen MR) is 102 cm³/mol. The summed E-state index contributed by atoms with van der Waals surface area (Å²) in [5, 5.41) is 21.6. The Balaban J connectivity index is 2.12. The Morgan fingerprint density at radius 2 is 1.93 bits per heavy atom. The molecule has 1 aromatic carbocycles. The molecule has 5 heteroatoms. The van der Waals surface area contributed by atoms with E-state index >= 15 is 0 Å². The lowest BCUT2D eigenvalue weighted by atomic mass is 9.50. The molecule has 2 N–H and O–H groups in total. The normalized spacial score (nSPS) is 27.4. The fourth-order valence-corrected chi connectivity index (χ4v) is 5.40. The first-order valence-electron chi connectivity index (χ1n) is 9.75. The highest BCUT2D eigenvalue weighted by Crippen LogP contribution is 2.60. The van der Waals surface area contributed by atoms with Crippen LogP contribution in [0.15, 0.2) is 6.07 Å². The van der Waals surface area contributed by atoms with Gasteiger partial charge in [-0.25, -0.2) is 0 Å². The van der Waals surface area contributed by atoms with E-state index in [-0.39, 0.29) is 46.6 Å². The van der Waals surface area contributed by atoms with Crippen molar-refractivity contribution in [1.29, 1.82) is 0 Å². The minimum absolute atomic E-state index is 0.00367. The number of benzene rings is 1. The molecule has 148 valence electrons. The van der Waals surface area contributed by atoms with Gasteiger partial charge in [0, 0.05) is 41.4 Å². The number of esters is 1. The molecular weight excluding hydrogens is 344 g/mol. The molecule has 2 aliphatic rings. The standard InChI is InChI=1S/C22H30O5/c1-12(11-27-13(2)23)14-9-15-16(24)10-17-21(3,4)7-6-8-22(17,5)18(15)20(26)19(14)25/h9,12,17,25-26H,6-8,10-11H2,1-5H3/t12?,17-,22-/m1/s1. The average Bonchev–Trinajstić information content (AvgIpc) is 2.57. The zero-order valence-electron chi connectivity index (χ0n) is 16.9. The zero-order chi connectivity index (χ0) is 20.1. The molecule has 0 amide bonds. The molecule has 0 heterocycles. The molecule has 1 fully saturated rings. The number of phenols is 2. The lowest BCUT2D eigenvalue weighted by Gasteiger charge is -2.53. The molecule has 0 spiro atoms. The number of aromatic hydroxyl groups is 2. The third-order valence-electron chi connectivity index (χ3n) is 6.86. The second kappa shape index (κ2) is 6.54. The van der Waals surface area contributed by atoms with E-state index in [2.05, 4.69) is 20.8 Å². The van der Waals surface area contributed by atoms with Crippen LogP contribution in [-0.2, 0) is 14.9 Å². The van der Waals surface area contributed by atoms with E-state index in [9.17, 15) is 19.8 Å². The van der Waals surface area contributed by atoms with Crippen LogP contribution >= 0.6 is 0 Å². The number of hydrogen-bond donors (Lipinski definition) is 2. The van der Waals surface area contributed by atoms with Gasteiger partial charge in [0.25, 0.3) is 0 Å². The first-order valence-corrected chi connectivity index (χ1v) is 9.75. The number of rotatable bonds is 3. The van der Waals surface area contributed by atoms with Crippen molar-refractivity contribution in [3.05, 3.63) is 22.8 Å². The fraction of sp³-hybridized carbons (Fsp3) is 0.636. The number of carbonyl (C=O) groups excluding carboxylic acids is 2. The van der Waals surface area contributed by atoms with Crippen LogP contribution in [0, 0.1) is 11.3 Å². The number of ether oxygens (including phenoxy) is 1. The summed E-state index contributed by atoms with van der Waals surface area (Å²) in [6.07, 6.45) is 3.42. The quantitative estimate of drug-likeness (QED) is 0.604. The first-order chi connectivity index (χ1) is 12.5. The van der Waals surface area contributed by atoms with Crippen LogP contribution in [0.1, 0.15) is 87.7 Å². The van der Waals surface area contributed by atoms with Crippen molar-refractivity contribution in [3.63, 3.8) is 0 Å². The molecule has 0 bridgehead atoms. The van der Waals surface area contributed by atoms with Gasteiger partial charge in [0.1, 0.15) is 0 Å². The molecule has 1 aromatic rings. The predicted octanol–water partition coefficient (Wildman–Crippen LogP) is 4.43. The van der Waals surface area contributed by atoms with Crippen molar-refractivity contribution >= 4 is 11.8 Å². The monoisotopic (exact) mass is 374 g/mol. The van der Waals surface area contributed by atoms with Crippen LogP contribution in [0.5, 0.6) is 11.5 Å². The summed E-state index contributed by atoms with van der Waals surface area (Å²) >= 11 is 0. The van der Waals surface area contributed by atoms with E-state index in [1.165, 1.54) is 6.92 Å². The SMILES string of the molecule is CC(=O)OCC(C)c1cc2c(c(O)c1O)[C@]1(C)CCCC(C)(C)[C@H]1CC2=O. The van der Waals surface area contributed by atoms with Gasteiger partial charge >= 0.3 is 5.97 Å². The minimum Gasteiger partial charge on any atom is -0.504 e. The largest absolute Gasteiger partial charge is 0.504 e. The maximum absolute atomic E-state index is 13.0. The van der Waals surface area contributed by atoms with Gasteiger partial charge in [-0.05, 0) is 30.2 Å². The van der Waals surface area contributed by atoms with E-state index in [4.69, 9.17) is 4.74 Å². The summed E-state index contributed by atoms with van der Waals surface area (Å²) in [6, 6.07) is 1.70. The summed E-state index contributed by atoms with van der Waals surface area (Å²) in [6.45, 7) is 9.71. The lowest BCUT2D eigenvalue weighted by Crippen LogP contribution is -2.49. The van der Waals surface area contributed by atoms with E-state index < -0.39 is 5.97 Å². The van der Waals surface area contributed by atoms with Crippen molar-refractivity contribution in [1.82, 2.24) is 0 Å². The molecule has 1 unspecified atom stereocenters. The van der Waals surface area contributed by atoms with Crippen LogP contribution in [0.3, 0.4) is 0 Å². The number of phenolic OH excluding ortho intramolecular Hbond substituents is 2. The van der Waals surface area contributed by atoms with E-state index in [0.29, 0.717) is 23.1 Å². The highest BCUT2D eigenvalue weighted by molar-refractivity contribution is 6.01. The smallest absolute Gasteiger partial charge is 0.302 e. The Bertz CT molecular complexity index is 794. The summed E-state index contributed by atoms with van der Waals surface area (Å²) in [5.74, 6) is -0.973. The molecule has 1 saturated carbocycles. The van der Waals surface area contributed by atoms with Crippen molar-refractivity contribution < 1.29 is 24.5 Å². The van der Waals surface area contributed by atoms with Crippen LogP contribution in [0.25, 0.3) is 0 Å². The zero-order valence-corrected chi connectivity index (χ0v) is 16.9. The van der Waals surface area contributed by atoms with Crippen LogP contribution < -0.4 is 0 Å². The summed E-state index contributed by atoms with van der Waals surface area (Å²) < 4.78 is 5.04. The minimum atomic E-state index is -0.403. The summed E-state index contributed by atoms with van der Waals surface area (Å²) in [4.78, 5) is 24.1. The molecular formula is C22H30O5.